The highest BCUT2D eigenvalue weighted by molar-refractivity contribution is 5.74. The molecule has 2 amide bonds. The van der Waals surface area contributed by atoms with Crippen molar-refractivity contribution in [3.8, 4) is 0 Å². The topological polar surface area (TPSA) is 57.3 Å². The van der Waals surface area contributed by atoms with Crippen molar-refractivity contribution in [2.24, 2.45) is 5.92 Å². The van der Waals surface area contributed by atoms with Gasteiger partial charge < -0.3 is 15.5 Å². The average molecular weight is 292 g/mol. The predicted octanol–water partition coefficient (Wildman–Crippen LogP) is 1.90. The van der Waals surface area contributed by atoms with Crippen molar-refractivity contribution >= 4 is 6.03 Å². The molecule has 0 aromatic carbocycles. The van der Waals surface area contributed by atoms with Gasteiger partial charge in [-0.3, -0.25) is 4.98 Å². The number of likely N-dealkylation sites (N-methyl/N-ethyl adjacent to an activating group) is 1. The molecule has 0 spiro atoms. The zero-order valence-electron chi connectivity index (χ0n) is 13.6. The Labute approximate surface area is 128 Å². The Balaban J connectivity index is 2.32. The molecule has 0 aliphatic heterocycles. The molecule has 5 nitrogen and oxygen atoms in total. The Morgan fingerprint density at radius 3 is 2.71 bits per heavy atom. The second kappa shape index (κ2) is 9.34. The lowest BCUT2D eigenvalue weighted by Crippen LogP contribution is -2.47. The maximum absolute atomic E-state index is 12.0. The largest absolute Gasteiger partial charge is 0.338 e. The van der Waals surface area contributed by atoms with Crippen molar-refractivity contribution < 1.29 is 4.79 Å². The molecule has 0 aliphatic rings. The Morgan fingerprint density at radius 1 is 1.38 bits per heavy atom. The summed E-state index contributed by atoms with van der Waals surface area (Å²) in [6, 6.07) is 4.01. The van der Waals surface area contributed by atoms with Crippen molar-refractivity contribution in [1.82, 2.24) is 20.5 Å². The summed E-state index contributed by atoms with van der Waals surface area (Å²) in [5.41, 5.74) is 1.13. The molecule has 5 heteroatoms. The Hall–Kier alpha value is -1.62. The fourth-order valence-electron chi connectivity index (χ4n) is 2.29. The monoisotopic (exact) mass is 292 g/mol. The first kappa shape index (κ1) is 17.4. The van der Waals surface area contributed by atoms with Crippen molar-refractivity contribution in [3.63, 3.8) is 0 Å². The maximum Gasteiger partial charge on any atom is 0.315 e. The van der Waals surface area contributed by atoms with Gasteiger partial charge in [-0.1, -0.05) is 19.9 Å². The first-order valence-corrected chi connectivity index (χ1v) is 7.55. The quantitative estimate of drug-likeness (QED) is 0.769. The summed E-state index contributed by atoms with van der Waals surface area (Å²) in [6.45, 7) is 5.82. The molecular formula is C16H28N4O. The van der Waals surface area contributed by atoms with E-state index < -0.39 is 0 Å². The summed E-state index contributed by atoms with van der Waals surface area (Å²) < 4.78 is 0. The van der Waals surface area contributed by atoms with Crippen LogP contribution in [-0.4, -0.2) is 49.1 Å². The number of carbonyl (C=O) groups is 1. The number of urea groups is 1. The van der Waals surface area contributed by atoms with Crippen molar-refractivity contribution in [3.05, 3.63) is 30.1 Å². The van der Waals surface area contributed by atoms with E-state index >= 15 is 0 Å². The highest BCUT2D eigenvalue weighted by Gasteiger charge is 2.14. The second-order valence-electron chi connectivity index (χ2n) is 6.10. The molecule has 0 radical (unpaired) electrons. The van der Waals surface area contributed by atoms with Gasteiger partial charge in [-0.25, -0.2) is 4.79 Å². The molecule has 1 aromatic rings. The molecule has 0 fully saturated rings. The number of rotatable bonds is 8. The smallest absolute Gasteiger partial charge is 0.315 e. The number of pyridine rings is 1. The molecule has 0 bridgehead atoms. The van der Waals surface area contributed by atoms with Gasteiger partial charge in [0, 0.05) is 31.5 Å². The van der Waals surface area contributed by atoms with Gasteiger partial charge in [0.05, 0.1) is 0 Å². The number of hydrogen-bond acceptors (Lipinski definition) is 3. The van der Waals surface area contributed by atoms with Crippen LogP contribution >= 0.6 is 0 Å². The van der Waals surface area contributed by atoms with Gasteiger partial charge >= 0.3 is 6.03 Å². The third kappa shape index (κ3) is 8.30. The van der Waals surface area contributed by atoms with Crippen molar-refractivity contribution in [2.45, 2.75) is 32.7 Å². The van der Waals surface area contributed by atoms with Gasteiger partial charge in [-0.15, -0.1) is 0 Å². The summed E-state index contributed by atoms with van der Waals surface area (Å²) in [6.07, 6.45) is 5.35. The SMILES string of the molecule is CC(C)CC(CN(C)C)NC(=O)NCCc1cccnc1. The van der Waals surface area contributed by atoms with E-state index in [1.807, 2.05) is 32.4 Å². The number of carbonyl (C=O) groups excluding carboxylic acids is 1. The zero-order chi connectivity index (χ0) is 15.7. The minimum atomic E-state index is -0.0913. The predicted molar refractivity (Wildman–Crippen MR) is 86.3 cm³/mol. The van der Waals surface area contributed by atoms with E-state index in [2.05, 4.69) is 34.4 Å². The first-order valence-electron chi connectivity index (χ1n) is 7.55. The summed E-state index contributed by atoms with van der Waals surface area (Å²) >= 11 is 0. The Kier molecular flexibility index (Phi) is 7.75. The molecule has 21 heavy (non-hydrogen) atoms. The number of amides is 2. The minimum absolute atomic E-state index is 0.0913. The third-order valence-electron chi connectivity index (χ3n) is 3.10. The lowest BCUT2D eigenvalue weighted by atomic mass is 10.0. The van der Waals surface area contributed by atoms with Crippen LogP contribution in [0.4, 0.5) is 4.79 Å². The van der Waals surface area contributed by atoms with E-state index in [1.165, 1.54) is 0 Å². The van der Waals surface area contributed by atoms with Crippen LogP contribution in [0.25, 0.3) is 0 Å². The Morgan fingerprint density at radius 2 is 2.14 bits per heavy atom. The summed E-state index contributed by atoms with van der Waals surface area (Å²) in [5, 5.41) is 5.97. The molecule has 1 heterocycles. The van der Waals surface area contributed by atoms with Crippen LogP contribution in [0.3, 0.4) is 0 Å². The lowest BCUT2D eigenvalue weighted by molar-refractivity contribution is 0.229. The van der Waals surface area contributed by atoms with Gasteiger partial charge in [-0.05, 0) is 44.5 Å². The molecule has 1 rings (SSSR count). The molecule has 0 saturated carbocycles. The first-order chi connectivity index (χ1) is 9.97. The standard InChI is InChI=1S/C16H28N4O/c1-13(2)10-15(12-20(3)4)19-16(21)18-9-7-14-6-5-8-17-11-14/h5-6,8,11,13,15H,7,9-10,12H2,1-4H3,(H2,18,19,21). The third-order valence-corrected chi connectivity index (χ3v) is 3.10. The summed E-state index contributed by atoms with van der Waals surface area (Å²) in [7, 11) is 4.05. The van der Waals surface area contributed by atoms with Gasteiger partial charge in [0.15, 0.2) is 0 Å². The van der Waals surface area contributed by atoms with Crippen molar-refractivity contribution in [2.75, 3.05) is 27.2 Å². The van der Waals surface area contributed by atoms with Crippen LogP contribution in [0.2, 0.25) is 0 Å². The van der Waals surface area contributed by atoms with E-state index in [0.717, 1.165) is 24.9 Å². The van der Waals surface area contributed by atoms with E-state index in [-0.39, 0.29) is 12.1 Å². The van der Waals surface area contributed by atoms with E-state index in [0.29, 0.717) is 12.5 Å². The fraction of sp³-hybridized carbons (Fsp3) is 0.625. The van der Waals surface area contributed by atoms with Gasteiger partial charge in [0.2, 0.25) is 0 Å². The van der Waals surface area contributed by atoms with E-state index in [4.69, 9.17) is 0 Å². The highest BCUT2D eigenvalue weighted by Crippen LogP contribution is 2.05. The zero-order valence-corrected chi connectivity index (χ0v) is 13.6. The van der Waals surface area contributed by atoms with Crippen molar-refractivity contribution in [1.29, 1.82) is 0 Å². The van der Waals surface area contributed by atoms with Gasteiger partial charge in [0.1, 0.15) is 0 Å². The van der Waals surface area contributed by atoms with Gasteiger partial charge in [-0.2, -0.15) is 0 Å². The van der Waals surface area contributed by atoms with Crippen LogP contribution in [0.1, 0.15) is 25.8 Å². The summed E-state index contributed by atoms with van der Waals surface area (Å²) in [5.74, 6) is 0.561. The number of hydrogen-bond donors (Lipinski definition) is 2. The molecule has 118 valence electrons. The fourth-order valence-corrected chi connectivity index (χ4v) is 2.29. The number of aromatic nitrogens is 1. The normalized spacial score (nSPS) is 12.5. The van der Waals surface area contributed by atoms with Crippen LogP contribution < -0.4 is 10.6 Å². The molecule has 0 aliphatic carbocycles. The molecule has 1 atom stereocenters. The number of nitrogens with zero attached hydrogens (tertiary/aromatic N) is 2. The molecule has 1 aromatic heterocycles. The van der Waals surface area contributed by atoms with E-state index in [1.54, 1.807) is 6.20 Å². The van der Waals surface area contributed by atoms with Crippen LogP contribution in [0, 0.1) is 5.92 Å². The molecule has 2 N–H and O–H groups in total. The lowest BCUT2D eigenvalue weighted by Gasteiger charge is -2.24. The average Bonchev–Trinajstić information content (AvgIpc) is 2.38. The number of nitrogens with one attached hydrogen (secondary N) is 2. The summed E-state index contributed by atoms with van der Waals surface area (Å²) in [4.78, 5) is 18.1. The molecule has 1 unspecified atom stereocenters. The minimum Gasteiger partial charge on any atom is -0.338 e. The van der Waals surface area contributed by atoms with Crippen LogP contribution in [0.15, 0.2) is 24.5 Å². The van der Waals surface area contributed by atoms with Crippen LogP contribution in [0.5, 0.6) is 0 Å². The van der Waals surface area contributed by atoms with Crippen LogP contribution in [-0.2, 0) is 6.42 Å². The maximum atomic E-state index is 12.0. The second-order valence-corrected chi connectivity index (χ2v) is 6.10. The highest BCUT2D eigenvalue weighted by atomic mass is 16.2. The molecular weight excluding hydrogens is 264 g/mol. The van der Waals surface area contributed by atoms with E-state index in [9.17, 15) is 4.79 Å². The Bertz CT molecular complexity index is 396. The molecule has 0 saturated heterocycles. The van der Waals surface area contributed by atoms with Gasteiger partial charge in [0.25, 0.3) is 0 Å².